The van der Waals surface area contributed by atoms with Crippen LogP contribution in [0.3, 0.4) is 0 Å². The Bertz CT molecular complexity index is 1020. The van der Waals surface area contributed by atoms with Gasteiger partial charge in [0.15, 0.2) is 0 Å². The Labute approximate surface area is 250 Å². The monoisotopic (exact) mass is 597 g/mol. The van der Waals surface area contributed by atoms with Crippen molar-refractivity contribution in [3.05, 3.63) is 35.4 Å². The van der Waals surface area contributed by atoms with Crippen molar-refractivity contribution in [2.75, 3.05) is 39.9 Å². The van der Waals surface area contributed by atoms with E-state index in [1.165, 1.54) is 11.1 Å². The molecule has 5 rings (SSSR count). The van der Waals surface area contributed by atoms with Crippen LogP contribution in [0, 0.1) is 5.92 Å². The molecule has 0 saturated carbocycles. The number of carbonyl (C=O) groups excluding carboxylic acids is 3. The van der Waals surface area contributed by atoms with E-state index in [1.807, 2.05) is 6.07 Å². The molecule has 3 saturated heterocycles. The first kappa shape index (κ1) is 32.6. The number of carbonyl (C=O) groups is 3. The summed E-state index contributed by atoms with van der Waals surface area (Å²) in [5.41, 5.74) is 2.48. The van der Waals surface area contributed by atoms with Gasteiger partial charge in [-0.15, -0.1) is 24.8 Å². The highest BCUT2D eigenvalue weighted by Crippen LogP contribution is 2.31. The second-order valence-corrected chi connectivity index (χ2v) is 11.4. The standard InChI is InChI=1S/C29H43N5O4.2ClH/c1-19(30-2)27(35)32-26(21-12-15-38-16-13-21)29(37)34-17-22-9-6-14-33(22)18-25(34)28(36)31-24-11-5-8-20-7-3-4-10-23(20)24;;/h3-4,7,10,19,21-22,24-26,30H,5-6,8-9,11-18H2,1-2H3,(H,31,36)(H,32,35);2*1H/t19-,22-,24+,25-,26-;;/m0../s1. The zero-order chi connectivity index (χ0) is 26.6. The maximum absolute atomic E-state index is 14.3. The predicted octanol–water partition coefficient (Wildman–Crippen LogP) is 2.22. The van der Waals surface area contributed by atoms with Crippen LogP contribution in [-0.2, 0) is 25.5 Å². The molecule has 224 valence electrons. The van der Waals surface area contributed by atoms with Gasteiger partial charge in [0.2, 0.25) is 17.7 Å². The largest absolute Gasteiger partial charge is 0.381 e. The fourth-order valence-corrected chi connectivity index (χ4v) is 6.68. The maximum Gasteiger partial charge on any atom is 0.246 e. The number of aryl methyl sites for hydroxylation is 1. The Hall–Kier alpha value is -1.91. The lowest BCUT2D eigenvalue weighted by Crippen LogP contribution is -2.66. The lowest BCUT2D eigenvalue weighted by Gasteiger charge is -2.45. The van der Waals surface area contributed by atoms with Gasteiger partial charge in [-0.25, -0.2) is 0 Å². The Morgan fingerprint density at radius 3 is 2.50 bits per heavy atom. The number of likely N-dealkylation sites (N-methyl/N-ethyl adjacent to an activating group) is 1. The molecule has 1 aliphatic carbocycles. The van der Waals surface area contributed by atoms with E-state index in [2.05, 4.69) is 39.0 Å². The lowest BCUT2D eigenvalue weighted by molar-refractivity contribution is -0.150. The fraction of sp³-hybridized carbons (Fsp3) is 0.690. The Morgan fingerprint density at radius 2 is 1.75 bits per heavy atom. The van der Waals surface area contributed by atoms with Crippen LogP contribution >= 0.6 is 24.8 Å². The van der Waals surface area contributed by atoms with Crippen LogP contribution in [0.4, 0.5) is 0 Å². The van der Waals surface area contributed by atoms with E-state index < -0.39 is 18.1 Å². The van der Waals surface area contributed by atoms with E-state index in [0.29, 0.717) is 39.1 Å². The normalized spacial score (nSPS) is 26.2. The summed E-state index contributed by atoms with van der Waals surface area (Å²) in [5.74, 6) is -0.438. The molecule has 1 aromatic rings. The molecule has 0 bridgehead atoms. The fourth-order valence-electron chi connectivity index (χ4n) is 6.68. The average Bonchev–Trinajstić information content (AvgIpc) is 3.42. The first-order valence-electron chi connectivity index (χ1n) is 14.4. The SMILES string of the molecule is CN[C@@H](C)C(=O)N[C@H](C(=O)N1C[C@@H]2CCCN2C[C@H]1C(=O)N[C@@H]1CCCc2ccccc21)C1CCOCC1.Cl.Cl. The highest BCUT2D eigenvalue weighted by Gasteiger charge is 2.45. The third kappa shape index (κ3) is 7.10. The van der Waals surface area contributed by atoms with E-state index in [1.54, 1.807) is 18.9 Å². The van der Waals surface area contributed by atoms with Crippen molar-refractivity contribution in [2.45, 2.75) is 82.1 Å². The number of halogens is 2. The van der Waals surface area contributed by atoms with Crippen molar-refractivity contribution in [1.82, 2.24) is 25.8 Å². The summed E-state index contributed by atoms with van der Waals surface area (Å²) in [6, 6.07) is 6.91. The number of nitrogens with one attached hydrogen (secondary N) is 3. The van der Waals surface area contributed by atoms with Crippen molar-refractivity contribution in [2.24, 2.45) is 5.92 Å². The minimum absolute atomic E-state index is 0. The molecule has 9 nitrogen and oxygen atoms in total. The number of hydrogen-bond donors (Lipinski definition) is 3. The first-order valence-corrected chi connectivity index (χ1v) is 14.4. The van der Waals surface area contributed by atoms with Crippen LogP contribution < -0.4 is 16.0 Å². The maximum atomic E-state index is 14.3. The highest BCUT2D eigenvalue weighted by atomic mass is 35.5. The molecule has 4 aliphatic rings. The summed E-state index contributed by atoms with van der Waals surface area (Å²) in [5, 5.41) is 9.34. The molecule has 3 aliphatic heterocycles. The van der Waals surface area contributed by atoms with E-state index in [-0.39, 0.29) is 60.5 Å². The molecule has 5 atom stereocenters. The zero-order valence-corrected chi connectivity index (χ0v) is 25.2. The number of fused-ring (bicyclic) bond motifs is 2. The van der Waals surface area contributed by atoms with E-state index in [0.717, 1.165) is 38.6 Å². The van der Waals surface area contributed by atoms with Gasteiger partial charge in [-0.2, -0.15) is 0 Å². The quantitative estimate of drug-likeness (QED) is 0.445. The molecule has 3 N–H and O–H groups in total. The van der Waals surface area contributed by atoms with Crippen LogP contribution in [0.25, 0.3) is 0 Å². The second-order valence-electron chi connectivity index (χ2n) is 11.4. The van der Waals surface area contributed by atoms with E-state index in [4.69, 9.17) is 4.74 Å². The lowest BCUT2D eigenvalue weighted by atomic mass is 9.87. The molecular weight excluding hydrogens is 553 g/mol. The van der Waals surface area contributed by atoms with Crippen LogP contribution in [0.5, 0.6) is 0 Å². The summed E-state index contributed by atoms with van der Waals surface area (Å²) < 4.78 is 5.56. The van der Waals surface area contributed by atoms with Crippen LogP contribution in [0.1, 0.15) is 62.6 Å². The molecule has 3 heterocycles. The van der Waals surface area contributed by atoms with Crippen molar-refractivity contribution in [1.29, 1.82) is 0 Å². The number of ether oxygens (including phenoxy) is 1. The molecule has 0 spiro atoms. The van der Waals surface area contributed by atoms with E-state index >= 15 is 0 Å². The molecule has 40 heavy (non-hydrogen) atoms. The van der Waals surface area contributed by atoms with Gasteiger partial charge in [0.05, 0.1) is 12.1 Å². The van der Waals surface area contributed by atoms with Crippen LogP contribution in [0.15, 0.2) is 24.3 Å². The van der Waals surface area contributed by atoms with E-state index in [9.17, 15) is 14.4 Å². The van der Waals surface area contributed by atoms with Gasteiger partial charge >= 0.3 is 0 Å². The van der Waals surface area contributed by atoms with Crippen molar-refractivity contribution in [3.8, 4) is 0 Å². The van der Waals surface area contributed by atoms with Crippen molar-refractivity contribution in [3.63, 3.8) is 0 Å². The van der Waals surface area contributed by atoms with Gasteiger partial charge in [-0.1, -0.05) is 24.3 Å². The molecule has 1 aromatic carbocycles. The molecule has 3 fully saturated rings. The molecule has 0 aromatic heterocycles. The number of amides is 3. The van der Waals surface area contributed by atoms with Gasteiger partial charge < -0.3 is 25.6 Å². The zero-order valence-electron chi connectivity index (χ0n) is 23.6. The number of rotatable bonds is 7. The number of nitrogens with zero attached hydrogens (tertiary/aromatic N) is 2. The highest BCUT2D eigenvalue weighted by molar-refractivity contribution is 5.93. The van der Waals surface area contributed by atoms with Crippen molar-refractivity contribution < 1.29 is 19.1 Å². The predicted molar refractivity (Wildman–Crippen MR) is 159 cm³/mol. The summed E-state index contributed by atoms with van der Waals surface area (Å²) in [6.07, 6.45) is 6.50. The van der Waals surface area contributed by atoms with Crippen LogP contribution in [-0.4, -0.2) is 91.6 Å². The number of hydrogen-bond acceptors (Lipinski definition) is 6. The minimum Gasteiger partial charge on any atom is -0.381 e. The minimum atomic E-state index is -0.666. The Morgan fingerprint density at radius 1 is 1.00 bits per heavy atom. The smallest absolute Gasteiger partial charge is 0.246 e. The summed E-state index contributed by atoms with van der Waals surface area (Å²) in [7, 11) is 1.73. The molecule has 3 amide bonds. The summed E-state index contributed by atoms with van der Waals surface area (Å²) in [6.45, 7) is 4.97. The molecule has 0 radical (unpaired) electrons. The number of benzene rings is 1. The third-order valence-electron chi connectivity index (χ3n) is 9.09. The first-order chi connectivity index (χ1) is 18.5. The van der Waals surface area contributed by atoms with Crippen molar-refractivity contribution >= 4 is 42.5 Å². The Balaban J connectivity index is 0.00000220. The van der Waals surface area contributed by atoms with Gasteiger partial charge in [-0.05, 0) is 82.5 Å². The topological polar surface area (TPSA) is 103 Å². The second kappa shape index (κ2) is 14.8. The average molecular weight is 599 g/mol. The van der Waals surface area contributed by atoms with Crippen LogP contribution in [0.2, 0.25) is 0 Å². The van der Waals surface area contributed by atoms with Gasteiger partial charge in [0, 0.05) is 32.3 Å². The summed E-state index contributed by atoms with van der Waals surface area (Å²) >= 11 is 0. The molecule has 0 unspecified atom stereocenters. The van der Waals surface area contributed by atoms with Gasteiger partial charge in [-0.3, -0.25) is 19.3 Å². The Kier molecular flexibility index (Phi) is 12.1. The number of piperazine rings is 1. The van der Waals surface area contributed by atoms with Gasteiger partial charge in [0.1, 0.15) is 12.1 Å². The van der Waals surface area contributed by atoms with Gasteiger partial charge in [0.25, 0.3) is 0 Å². The summed E-state index contributed by atoms with van der Waals surface area (Å²) in [4.78, 5) is 45.3. The third-order valence-corrected chi connectivity index (χ3v) is 9.09. The molecular formula is C29H45Cl2N5O4. The molecule has 11 heteroatoms.